The summed E-state index contributed by atoms with van der Waals surface area (Å²) in [5.74, 6) is 0.635. The Balaban J connectivity index is 1.97. The van der Waals surface area contributed by atoms with Crippen molar-refractivity contribution >= 4 is 0 Å². The molecule has 0 aliphatic rings. The highest BCUT2D eigenvalue weighted by molar-refractivity contribution is 5.27. The minimum absolute atomic E-state index is 0.108. The maximum atomic E-state index is 6.22. The van der Waals surface area contributed by atoms with Gasteiger partial charge in [0.15, 0.2) is 0 Å². The average Bonchev–Trinajstić information content (AvgIpc) is 2.42. The maximum absolute atomic E-state index is 6.22. The van der Waals surface area contributed by atoms with Gasteiger partial charge in [0, 0.05) is 18.3 Å². The van der Waals surface area contributed by atoms with Crippen molar-refractivity contribution in [1.82, 2.24) is 4.98 Å². The highest BCUT2D eigenvalue weighted by Gasteiger charge is 2.07. The monoisotopic (exact) mass is 256 g/mol. The topological polar surface area (TPSA) is 48.1 Å². The molecule has 0 amide bonds. The lowest BCUT2D eigenvalue weighted by atomic mass is 9.98. The minimum Gasteiger partial charge on any atom is -0.481 e. The first-order chi connectivity index (χ1) is 9.19. The fourth-order valence-corrected chi connectivity index (χ4v) is 2.15. The first kappa shape index (κ1) is 13.6. The number of pyridine rings is 1. The molecule has 2 rings (SSSR count). The molecular weight excluding hydrogens is 236 g/mol. The summed E-state index contributed by atoms with van der Waals surface area (Å²) >= 11 is 0. The van der Waals surface area contributed by atoms with Crippen LogP contribution in [0.2, 0.25) is 0 Å². The van der Waals surface area contributed by atoms with Gasteiger partial charge in [-0.2, -0.15) is 0 Å². The Morgan fingerprint density at radius 1 is 1.16 bits per heavy atom. The summed E-state index contributed by atoms with van der Waals surface area (Å²) in [6.07, 6.45) is 3.54. The second kappa shape index (κ2) is 6.34. The molecule has 100 valence electrons. The predicted octanol–water partition coefficient (Wildman–Crippen LogP) is 2.51. The van der Waals surface area contributed by atoms with Crippen molar-refractivity contribution in [3.05, 3.63) is 59.3 Å². The van der Waals surface area contributed by atoms with Gasteiger partial charge < -0.3 is 10.5 Å². The Labute approximate surface area is 114 Å². The second-order valence-corrected chi connectivity index (χ2v) is 4.80. The Morgan fingerprint density at radius 3 is 2.58 bits per heavy atom. The number of nitrogens with zero attached hydrogens (tertiary/aromatic N) is 1. The summed E-state index contributed by atoms with van der Waals surface area (Å²) in [7, 11) is 1.62. The second-order valence-electron chi connectivity index (χ2n) is 4.80. The van der Waals surface area contributed by atoms with E-state index in [9.17, 15) is 0 Å². The largest absolute Gasteiger partial charge is 0.481 e. The first-order valence-electron chi connectivity index (χ1n) is 6.48. The van der Waals surface area contributed by atoms with Crippen molar-refractivity contribution in [2.45, 2.75) is 25.8 Å². The van der Waals surface area contributed by atoms with Crippen LogP contribution in [0, 0.1) is 6.92 Å². The predicted molar refractivity (Wildman–Crippen MR) is 77.4 cm³/mol. The molecule has 1 aromatic carbocycles. The third-order valence-electron chi connectivity index (χ3n) is 3.25. The smallest absolute Gasteiger partial charge is 0.212 e. The van der Waals surface area contributed by atoms with E-state index in [0.717, 1.165) is 18.4 Å². The highest BCUT2D eigenvalue weighted by atomic mass is 16.5. The number of aryl methyl sites for hydroxylation is 1. The molecule has 1 aromatic heterocycles. The quantitative estimate of drug-likeness (QED) is 0.894. The Hall–Kier alpha value is -1.87. The van der Waals surface area contributed by atoms with Gasteiger partial charge >= 0.3 is 0 Å². The maximum Gasteiger partial charge on any atom is 0.212 e. The van der Waals surface area contributed by atoms with E-state index >= 15 is 0 Å². The van der Waals surface area contributed by atoms with E-state index in [1.807, 2.05) is 18.3 Å². The molecule has 0 bridgehead atoms. The summed E-state index contributed by atoms with van der Waals surface area (Å²) in [6, 6.07) is 12.4. The van der Waals surface area contributed by atoms with E-state index in [4.69, 9.17) is 10.5 Å². The van der Waals surface area contributed by atoms with Crippen molar-refractivity contribution < 1.29 is 4.74 Å². The fourth-order valence-electron chi connectivity index (χ4n) is 2.15. The Kier molecular flexibility index (Phi) is 4.53. The number of benzene rings is 1. The molecule has 0 aliphatic heterocycles. The zero-order valence-electron chi connectivity index (χ0n) is 11.5. The summed E-state index contributed by atoms with van der Waals surface area (Å²) < 4.78 is 5.04. The third kappa shape index (κ3) is 3.80. The van der Waals surface area contributed by atoms with Crippen LogP contribution >= 0.6 is 0 Å². The fraction of sp³-hybridized carbons (Fsp3) is 0.312. The molecule has 2 N–H and O–H groups in total. The highest BCUT2D eigenvalue weighted by Crippen LogP contribution is 2.13. The van der Waals surface area contributed by atoms with Crippen LogP contribution in [-0.2, 0) is 12.8 Å². The minimum atomic E-state index is 0.108. The molecule has 1 atom stereocenters. The summed E-state index contributed by atoms with van der Waals surface area (Å²) in [5, 5.41) is 0. The number of nitrogens with two attached hydrogens (primary N) is 1. The summed E-state index contributed by atoms with van der Waals surface area (Å²) in [5.41, 5.74) is 9.97. The van der Waals surface area contributed by atoms with Crippen LogP contribution in [0.1, 0.15) is 16.7 Å². The molecule has 0 radical (unpaired) electrons. The normalized spacial score (nSPS) is 12.2. The van der Waals surface area contributed by atoms with Crippen LogP contribution in [0.5, 0.6) is 5.88 Å². The van der Waals surface area contributed by atoms with Crippen molar-refractivity contribution in [2.24, 2.45) is 5.73 Å². The van der Waals surface area contributed by atoms with Gasteiger partial charge in [-0.25, -0.2) is 4.98 Å². The third-order valence-corrected chi connectivity index (χ3v) is 3.25. The molecular formula is C16H20N2O. The van der Waals surface area contributed by atoms with Crippen molar-refractivity contribution in [1.29, 1.82) is 0 Å². The van der Waals surface area contributed by atoms with Crippen LogP contribution in [0.15, 0.2) is 42.6 Å². The van der Waals surface area contributed by atoms with Gasteiger partial charge in [0.05, 0.1) is 7.11 Å². The molecule has 3 nitrogen and oxygen atoms in total. The Morgan fingerprint density at radius 2 is 1.95 bits per heavy atom. The molecule has 0 spiro atoms. The van der Waals surface area contributed by atoms with Gasteiger partial charge in [-0.1, -0.05) is 30.3 Å². The van der Waals surface area contributed by atoms with Gasteiger partial charge in [-0.05, 0) is 36.5 Å². The van der Waals surface area contributed by atoms with E-state index < -0.39 is 0 Å². The van der Waals surface area contributed by atoms with Gasteiger partial charge in [0.2, 0.25) is 5.88 Å². The number of hydrogen-bond donors (Lipinski definition) is 1. The zero-order valence-corrected chi connectivity index (χ0v) is 11.5. The van der Waals surface area contributed by atoms with Gasteiger partial charge in [-0.15, -0.1) is 0 Å². The SMILES string of the molecule is COc1ccc(CC(N)Cc2ccccc2C)cn1. The zero-order chi connectivity index (χ0) is 13.7. The van der Waals surface area contributed by atoms with Gasteiger partial charge in [0.25, 0.3) is 0 Å². The van der Waals surface area contributed by atoms with Crippen LogP contribution in [0.25, 0.3) is 0 Å². The number of methoxy groups -OCH3 is 1. The Bertz CT molecular complexity index is 523. The molecule has 1 unspecified atom stereocenters. The molecule has 2 aromatic rings. The van der Waals surface area contributed by atoms with Crippen molar-refractivity contribution in [3.63, 3.8) is 0 Å². The van der Waals surface area contributed by atoms with E-state index in [0.29, 0.717) is 5.88 Å². The molecule has 0 saturated heterocycles. The number of hydrogen-bond acceptors (Lipinski definition) is 3. The lowest BCUT2D eigenvalue weighted by Crippen LogP contribution is -2.25. The van der Waals surface area contributed by atoms with Crippen LogP contribution in [0.4, 0.5) is 0 Å². The lowest BCUT2D eigenvalue weighted by Gasteiger charge is -2.13. The standard InChI is InChI=1S/C16H20N2O/c1-12-5-3-4-6-14(12)10-15(17)9-13-7-8-16(19-2)18-11-13/h3-8,11,15H,9-10,17H2,1-2H3. The summed E-state index contributed by atoms with van der Waals surface area (Å²) in [6.45, 7) is 2.12. The molecule has 0 saturated carbocycles. The van der Waals surface area contributed by atoms with Crippen molar-refractivity contribution in [2.75, 3.05) is 7.11 Å². The van der Waals surface area contributed by atoms with E-state index in [-0.39, 0.29) is 6.04 Å². The first-order valence-corrected chi connectivity index (χ1v) is 6.48. The van der Waals surface area contributed by atoms with Crippen LogP contribution in [-0.4, -0.2) is 18.1 Å². The van der Waals surface area contributed by atoms with Gasteiger partial charge in [-0.3, -0.25) is 0 Å². The molecule has 1 heterocycles. The van der Waals surface area contributed by atoms with Crippen molar-refractivity contribution in [3.8, 4) is 5.88 Å². The number of rotatable bonds is 5. The molecule has 0 aliphatic carbocycles. The summed E-state index contributed by atoms with van der Waals surface area (Å²) in [4.78, 5) is 4.20. The van der Waals surface area contributed by atoms with Crippen LogP contribution in [0.3, 0.4) is 0 Å². The van der Waals surface area contributed by atoms with Crippen LogP contribution < -0.4 is 10.5 Å². The lowest BCUT2D eigenvalue weighted by molar-refractivity contribution is 0.397. The molecule has 19 heavy (non-hydrogen) atoms. The number of aromatic nitrogens is 1. The molecule has 3 heteroatoms. The number of ether oxygens (including phenoxy) is 1. The van der Waals surface area contributed by atoms with E-state index in [1.54, 1.807) is 7.11 Å². The molecule has 0 fully saturated rings. The van der Waals surface area contributed by atoms with E-state index in [2.05, 4.69) is 36.2 Å². The van der Waals surface area contributed by atoms with E-state index in [1.165, 1.54) is 11.1 Å². The van der Waals surface area contributed by atoms with Gasteiger partial charge in [0.1, 0.15) is 0 Å². The average molecular weight is 256 g/mol.